The van der Waals surface area contributed by atoms with Crippen molar-refractivity contribution in [3.8, 4) is 17.2 Å². The van der Waals surface area contributed by atoms with E-state index >= 15 is 0 Å². The third-order valence-corrected chi connectivity index (χ3v) is 6.78. The average molecular weight is 494 g/mol. The van der Waals surface area contributed by atoms with Gasteiger partial charge < -0.3 is 39.1 Å². The maximum atomic E-state index is 13.2. The van der Waals surface area contributed by atoms with Crippen molar-refractivity contribution >= 4 is 38.6 Å². The molecule has 0 spiro atoms. The lowest BCUT2D eigenvalue weighted by atomic mass is 9.92. The van der Waals surface area contributed by atoms with Crippen LogP contribution in [0.1, 0.15) is 24.2 Å². The van der Waals surface area contributed by atoms with E-state index in [-0.39, 0.29) is 33.2 Å². The lowest BCUT2D eigenvalue weighted by Gasteiger charge is -2.20. The fraction of sp³-hybridized carbons (Fsp3) is 0.296. The minimum absolute atomic E-state index is 0.115. The summed E-state index contributed by atoms with van der Waals surface area (Å²) in [5.41, 5.74) is 0.475. The van der Waals surface area contributed by atoms with Crippen LogP contribution in [0.15, 0.2) is 46.1 Å². The Kier molecular flexibility index (Phi) is 5.88. The Balaban J connectivity index is 1.95. The summed E-state index contributed by atoms with van der Waals surface area (Å²) in [4.78, 5) is 13.2. The molecular weight excluding hydrogens is 468 g/mol. The summed E-state index contributed by atoms with van der Waals surface area (Å²) >= 11 is 0. The van der Waals surface area contributed by atoms with Crippen LogP contribution in [0.25, 0.3) is 38.6 Å². The zero-order chi connectivity index (χ0) is 25.9. The van der Waals surface area contributed by atoms with Gasteiger partial charge >= 0.3 is 5.63 Å². The van der Waals surface area contributed by atoms with Crippen molar-refractivity contribution in [2.24, 2.45) is 0 Å². The highest BCUT2D eigenvalue weighted by molar-refractivity contribution is 6.19. The Morgan fingerprint density at radius 2 is 1.69 bits per heavy atom. The SMILES string of the molecule is C=Cc1cc(OC)c2c(c1)c(=O)oc1c2cc(OC)c2c(O)ccc([C@H]3O[C@@H]([C@@H](C)O)[C@H](O)[C@H]3O)c21. The predicted molar refractivity (Wildman–Crippen MR) is 134 cm³/mol. The molecule has 4 N–H and O–H groups in total. The number of fused-ring (bicyclic) bond motifs is 5. The van der Waals surface area contributed by atoms with E-state index in [1.807, 2.05) is 0 Å². The van der Waals surface area contributed by atoms with Gasteiger partial charge in [0.2, 0.25) is 0 Å². The van der Waals surface area contributed by atoms with E-state index in [0.717, 1.165) is 0 Å². The highest BCUT2D eigenvalue weighted by Gasteiger charge is 2.46. The summed E-state index contributed by atoms with van der Waals surface area (Å²) < 4.78 is 22.9. The number of hydrogen-bond donors (Lipinski definition) is 4. The topological polar surface area (TPSA) is 139 Å². The summed E-state index contributed by atoms with van der Waals surface area (Å²) in [7, 11) is 2.92. The molecule has 1 aliphatic heterocycles. The Hall–Kier alpha value is -3.63. The minimum atomic E-state index is -1.39. The number of aliphatic hydroxyl groups excluding tert-OH is 3. The van der Waals surface area contributed by atoms with Gasteiger partial charge in [0.05, 0.1) is 31.1 Å². The first-order valence-electron chi connectivity index (χ1n) is 11.3. The highest BCUT2D eigenvalue weighted by atomic mass is 16.6. The molecule has 1 fully saturated rings. The first-order valence-corrected chi connectivity index (χ1v) is 11.3. The minimum Gasteiger partial charge on any atom is -0.507 e. The summed E-state index contributed by atoms with van der Waals surface area (Å²) in [5, 5.41) is 43.8. The fourth-order valence-electron chi connectivity index (χ4n) is 5.06. The molecule has 1 aliphatic rings. The zero-order valence-corrected chi connectivity index (χ0v) is 19.9. The van der Waals surface area contributed by atoms with Crippen molar-refractivity contribution in [3.05, 3.63) is 58.5 Å². The van der Waals surface area contributed by atoms with Crippen molar-refractivity contribution in [1.29, 1.82) is 0 Å². The second kappa shape index (κ2) is 8.79. The van der Waals surface area contributed by atoms with Crippen molar-refractivity contribution in [3.63, 3.8) is 0 Å². The van der Waals surface area contributed by atoms with Crippen molar-refractivity contribution in [2.45, 2.75) is 37.4 Å². The largest absolute Gasteiger partial charge is 0.507 e. The Morgan fingerprint density at radius 3 is 2.31 bits per heavy atom. The van der Waals surface area contributed by atoms with E-state index < -0.39 is 36.1 Å². The maximum Gasteiger partial charge on any atom is 0.344 e. The molecule has 0 radical (unpaired) electrons. The van der Waals surface area contributed by atoms with Gasteiger partial charge in [-0.05, 0) is 42.3 Å². The number of rotatable bonds is 5. The van der Waals surface area contributed by atoms with Crippen LogP contribution in [-0.4, -0.2) is 59.1 Å². The van der Waals surface area contributed by atoms with E-state index in [2.05, 4.69) is 6.58 Å². The molecule has 36 heavy (non-hydrogen) atoms. The number of phenolic OH excluding ortho intramolecular Hbond substituents is 1. The van der Waals surface area contributed by atoms with E-state index in [9.17, 15) is 25.2 Å². The van der Waals surface area contributed by atoms with Gasteiger partial charge in [-0.2, -0.15) is 0 Å². The normalized spacial score (nSPS) is 22.8. The molecule has 0 unspecified atom stereocenters. The number of methoxy groups -OCH3 is 2. The van der Waals surface area contributed by atoms with E-state index in [1.54, 1.807) is 24.3 Å². The Morgan fingerprint density at radius 1 is 1.00 bits per heavy atom. The molecule has 3 aromatic carbocycles. The molecule has 1 aromatic heterocycles. The molecule has 1 saturated heterocycles. The van der Waals surface area contributed by atoms with Crippen LogP contribution in [0.3, 0.4) is 0 Å². The Bertz CT molecular complexity index is 1570. The lowest BCUT2D eigenvalue weighted by molar-refractivity contribution is -0.0586. The fourth-order valence-corrected chi connectivity index (χ4v) is 5.06. The molecule has 5 atom stereocenters. The molecule has 9 heteroatoms. The van der Waals surface area contributed by atoms with Gasteiger partial charge in [-0.3, -0.25) is 0 Å². The standard InChI is InChI=1S/C27H26O9/c1-5-12-8-15-19(17(9-12)33-3)14-10-18(34-4)21-16(29)7-6-13(20(21)25(14)36-27(15)32)26-23(31)22(30)24(35-26)11(2)28/h5-11,22-24,26,28-31H,1H2,2-4H3/t11-,22-,23-,24+,26-/m1/s1. The van der Waals surface area contributed by atoms with Crippen LogP contribution in [0.5, 0.6) is 17.2 Å². The molecule has 0 bridgehead atoms. The first-order chi connectivity index (χ1) is 17.2. The van der Waals surface area contributed by atoms with Crippen molar-refractivity contribution in [2.75, 3.05) is 14.2 Å². The Labute approximate surface area is 205 Å². The maximum absolute atomic E-state index is 13.2. The van der Waals surface area contributed by atoms with Gasteiger partial charge in [-0.1, -0.05) is 18.7 Å². The van der Waals surface area contributed by atoms with Crippen molar-refractivity contribution < 1.29 is 39.1 Å². The molecule has 9 nitrogen and oxygen atoms in total. The number of aromatic hydroxyl groups is 1. The van der Waals surface area contributed by atoms with Gasteiger partial charge in [-0.25, -0.2) is 4.79 Å². The van der Waals surface area contributed by atoms with Crippen molar-refractivity contribution in [1.82, 2.24) is 0 Å². The third-order valence-electron chi connectivity index (χ3n) is 6.78. The van der Waals surface area contributed by atoms with Crippen LogP contribution in [-0.2, 0) is 4.74 Å². The smallest absolute Gasteiger partial charge is 0.344 e. The van der Waals surface area contributed by atoms with Gasteiger partial charge in [-0.15, -0.1) is 0 Å². The summed E-state index contributed by atoms with van der Waals surface area (Å²) in [6.45, 7) is 5.21. The quantitative estimate of drug-likeness (QED) is 0.244. The highest BCUT2D eigenvalue weighted by Crippen LogP contribution is 2.47. The third kappa shape index (κ3) is 3.43. The summed E-state index contributed by atoms with van der Waals surface area (Å²) in [5.74, 6) is 0.538. The molecule has 4 aromatic rings. The number of ether oxygens (including phenoxy) is 3. The van der Waals surface area contributed by atoms with Crippen LogP contribution in [0, 0.1) is 0 Å². The number of phenols is 1. The number of benzene rings is 3. The molecule has 5 rings (SSSR count). The predicted octanol–water partition coefficient (Wildman–Crippen LogP) is 3.01. The van der Waals surface area contributed by atoms with Gasteiger partial charge in [0.15, 0.2) is 0 Å². The van der Waals surface area contributed by atoms with Gasteiger partial charge in [0, 0.05) is 16.2 Å². The monoisotopic (exact) mass is 494 g/mol. The number of hydrogen-bond acceptors (Lipinski definition) is 9. The van der Waals surface area contributed by atoms with Crippen LogP contribution in [0.2, 0.25) is 0 Å². The number of aliphatic hydroxyl groups is 3. The molecule has 0 amide bonds. The lowest BCUT2D eigenvalue weighted by Crippen LogP contribution is -2.36. The average Bonchev–Trinajstić information content (AvgIpc) is 3.17. The second-order valence-corrected chi connectivity index (χ2v) is 8.86. The second-order valence-electron chi connectivity index (χ2n) is 8.86. The summed E-state index contributed by atoms with van der Waals surface area (Å²) in [6.07, 6.45) is -4.36. The summed E-state index contributed by atoms with van der Waals surface area (Å²) in [6, 6.07) is 7.94. The molecule has 0 saturated carbocycles. The molecular formula is C27H26O9. The first kappa shape index (κ1) is 24.1. The van der Waals surface area contributed by atoms with E-state index in [0.29, 0.717) is 27.6 Å². The van der Waals surface area contributed by atoms with E-state index in [4.69, 9.17) is 18.6 Å². The van der Waals surface area contributed by atoms with E-state index in [1.165, 1.54) is 33.3 Å². The van der Waals surface area contributed by atoms with Crippen LogP contribution < -0.4 is 15.1 Å². The van der Waals surface area contributed by atoms with Gasteiger partial charge in [0.1, 0.15) is 47.2 Å². The zero-order valence-electron chi connectivity index (χ0n) is 19.9. The molecule has 0 aliphatic carbocycles. The molecule has 2 heterocycles. The van der Waals surface area contributed by atoms with Gasteiger partial charge in [0.25, 0.3) is 0 Å². The van der Waals surface area contributed by atoms with Crippen LogP contribution >= 0.6 is 0 Å². The molecule has 188 valence electrons. The van der Waals surface area contributed by atoms with Crippen LogP contribution in [0.4, 0.5) is 0 Å².